The zero-order valence-corrected chi connectivity index (χ0v) is 12.8. The molecule has 1 aromatic rings. The molecule has 0 aliphatic rings. The first-order chi connectivity index (χ1) is 8.99. The van der Waals surface area contributed by atoms with Gasteiger partial charge in [0.1, 0.15) is 5.82 Å². The van der Waals surface area contributed by atoms with Crippen molar-refractivity contribution in [3.05, 3.63) is 24.0 Å². The van der Waals surface area contributed by atoms with Gasteiger partial charge in [0.25, 0.3) is 0 Å². The van der Waals surface area contributed by atoms with Crippen LogP contribution in [0.1, 0.15) is 20.3 Å². The summed E-state index contributed by atoms with van der Waals surface area (Å²) in [5.41, 5.74) is -0.169. The Labute approximate surface area is 118 Å². The lowest BCUT2D eigenvalue weighted by atomic mass is 10.2. The van der Waals surface area contributed by atoms with Gasteiger partial charge in [-0.05, 0) is 30.5 Å². The second kappa shape index (κ2) is 6.06. The van der Waals surface area contributed by atoms with Gasteiger partial charge in [0.15, 0.2) is 0 Å². The van der Waals surface area contributed by atoms with Crippen LogP contribution in [0.5, 0.6) is 0 Å². The van der Waals surface area contributed by atoms with E-state index >= 15 is 0 Å². The Bertz CT molecular complexity index is 684. The number of hydrogen-bond acceptors (Lipinski definition) is 4. The van der Waals surface area contributed by atoms with Crippen LogP contribution in [0.2, 0.25) is 0 Å². The molecule has 0 radical (unpaired) electrons. The van der Waals surface area contributed by atoms with Crippen molar-refractivity contribution in [1.82, 2.24) is 0 Å². The highest BCUT2D eigenvalue weighted by Gasteiger charge is 2.15. The molecule has 0 saturated carbocycles. The van der Waals surface area contributed by atoms with E-state index in [9.17, 15) is 21.2 Å². The van der Waals surface area contributed by atoms with Crippen molar-refractivity contribution in [3.63, 3.8) is 0 Å². The molecule has 0 fully saturated rings. The zero-order chi connectivity index (χ0) is 15.6. The molecule has 0 unspecified atom stereocenters. The summed E-state index contributed by atoms with van der Waals surface area (Å²) in [6.45, 7) is 3.74. The van der Waals surface area contributed by atoms with Crippen LogP contribution in [-0.2, 0) is 20.0 Å². The van der Waals surface area contributed by atoms with Crippen LogP contribution in [0, 0.1) is 11.7 Å². The third kappa shape index (κ3) is 5.43. The van der Waals surface area contributed by atoms with Gasteiger partial charge >= 0.3 is 0 Å². The largest absolute Gasteiger partial charge is 0.283 e. The van der Waals surface area contributed by atoms with Gasteiger partial charge < -0.3 is 0 Å². The quantitative estimate of drug-likeness (QED) is 0.821. The van der Waals surface area contributed by atoms with Crippen LogP contribution >= 0.6 is 0 Å². The number of benzene rings is 1. The van der Waals surface area contributed by atoms with Gasteiger partial charge in [-0.15, -0.1) is 0 Å². The molecular formula is C11H17FN2O4S2. The highest BCUT2D eigenvalue weighted by Crippen LogP contribution is 2.18. The van der Waals surface area contributed by atoms with E-state index in [0.29, 0.717) is 6.42 Å². The molecule has 0 spiro atoms. The van der Waals surface area contributed by atoms with Crippen LogP contribution in [0.4, 0.5) is 10.1 Å². The van der Waals surface area contributed by atoms with Crippen molar-refractivity contribution >= 4 is 25.7 Å². The maximum Gasteiger partial charge on any atom is 0.238 e. The Hall–Kier alpha value is -1.19. The average Bonchev–Trinajstić information content (AvgIpc) is 2.24. The summed E-state index contributed by atoms with van der Waals surface area (Å²) in [6, 6.07) is 2.59. The molecule has 3 N–H and O–H groups in total. The average molecular weight is 324 g/mol. The minimum absolute atomic E-state index is 0.133. The van der Waals surface area contributed by atoms with Crippen molar-refractivity contribution in [1.29, 1.82) is 0 Å². The number of hydrogen-bond donors (Lipinski definition) is 2. The van der Waals surface area contributed by atoms with Gasteiger partial charge in [0.05, 0.1) is 16.3 Å². The second-order valence-electron chi connectivity index (χ2n) is 4.82. The van der Waals surface area contributed by atoms with E-state index in [1.807, 2.05) is 13.8 Å². The second-order valence-corrected chi connectivity index (χ2v) is 8.23. The van der Waals surface area contributed by atoms with E-state index in [4.69, 9.17) is 5.14 Å². The molecule has 0 heterocycles. The third-order valence-electron chi connectivity index (χ3n) is 2.44. The van der Waals surface area contributed by atoms with Gasteiger partial charge in [-0.2, -0.15) is 0 Å². The smallest absolute Gasteiger partial charge is 0.238 e. The van der Waals surface area contributed by atoms with E-state index in [2.05, 4.69) is 4.72 Å². The van der Waals surface area contributed by atoms with Gasteiger partial charge in [0.2, 0.25) is 20.0 Å². The number of nitrogens with one attached hydrogen (secondary N) is 1. The van der Waals surface area contributed by atoms with Crippen molar-refractivity contribution in [3.8, 4) is 0 Å². The lowest BCUT2D eigenvalue weighted by Gasteiger charge is -2.10. The number of rotatable bonds is 6. The monoisotopic (exact) mass is 324 g/mol. The van der Waals surface area contributed by atoms with Crippen LogP contribution in [0.25, 0.3) is 0 Å². The minimum atomic E-state index is -4.10. The van der Waals surface area contributed by atoms with Crippen molar-refractivity contribution in [2.24, 2.45) is 11.1 Å². The summed E-state index contributed by atoms with van der Waals surface area (Å²) in [5.74, 6) is -0.830. The van der Waals surface area contributed by atoms with E-state index in [1.54, 1.807) is 0 Å². The first-order valence-electron chi connectivity index (χ1n) is 5.83. The molecule has 6 nitrogen and oxygen atoms in total. The van der Waals surface area contributed by atoms with E-state index in [0.717, 1.165) is 18.2 Å². The molecule has 0 atom stereocenters. The number of sulfonamides is 2. The molecule has 1 aromatic carbocycles. The maximum atomic E-state index is 13.3. The van der Waals surface area contributed by atoms with E-state index in [1.165, 1.54) is 0 Å². The molecule has 114 valence electrons. The lowest BCUT2D eigenvalue weighted by molar-refractivity contribution is 0.577. The molecule has 0 saturated heterocycles. The fourth-order valence-electron chi connectivity index (χ4n) is 1.41. The normalized spacial score (nSPS) is 12.7. The Balaban J connectivity index is 3.01. The zero-order valence-electron chi connectivity index (χ0n) is 11.1. The molecule has 1 rings (SSSR count). The first-order valence-corrected chi connectivity index (χ1v) is 9.03. The van der Waals surface area contributed by atoms with Crippen molar-refractivity contribution < 1.29 is 21.2 Å². The predicted octanol–water partition coefficient (Wildman–Crippen LogP) is 1.26. The number of anilines is 1. The van der Waals surface area contributed by atoms with Crippen LogP contribution in [0.15, 0.2) is 23.1 Å². The summed E-state index contributed by atoms with van der Waals surface area (Å²) < 4.78 is 61.3. The first kappa shape index (κ1) is 16.9. The third-order valence-corrected chi connectivity index (χ3v) is 4.65. The molecule has 0 aliphatic heterocycles. The summed E-state index contributed by atoms with van der Waals surface area (Å²) in [6.07, 6.45) is 0.437. The highest BCUT2D eigenvalue weighted by molar-refractivity contribution is 7.92. The summed E-state index contributed by atoms with van der Waals surface area (Å²) in [7, 11) is -7.76. The lowest BCUT2D eigenvalue weighted by Crippen LogP contribution is -2.19. The minimum Gasteiger partial charge on any atom is -0.283 e. The molecule has 0 aliphatic carbocycles. The number of halogens is 1. The van der Waals surface area contributed by atoms with Crippen LogP contribution < -0.4 is 9.86 Å². The van der Waals surface area contributed by atoms with E-state index in [-0.39, 0.29) is 17.4 Å². The molecule has 20 heavy (non-hydrogen) atoms. The van der Waals surface area contributed by atoms with Gasteiger partial charge in [-0.1, -0.05) is 13.8 Å². The van der Waals surface area contributed by atoms with E-state index < -0.39 is 30.8 Å². The van der Waals surface area contributed by atoms with Gasteiger partial charge in [-0.25, -0.2) is 26.4 Å². The van der Waals surface area contributed by atoms with Crippen molar-refractivity contribution in [2.45, 2.75) is 25.2 Å². The standard InChI is InChI=1S/C11H17FN2O4S2/c1-8(2)3-4-19(15,16)14-10-5-9(12)6-11(7-10)20(13,17)18/h5-8,14H,3-4H2,1-2H3,(H2,13,17,18). The fourth-order valence-corrected chi connectivity index (χ4v) is 3.34. The summed E-state index contributed by atoms with van der Waals surface area (Å²) >= 11 is 0. The Kier molecular flexibility index (Phi) is 5.11. The van der Waals surface area contributed by atoms with Crippen LogP contribution in [0.3, 0.4) is 0 Å². The SMILES string of the molecule is CC(C)CCS(=O)(=O)Nc1cc(F)cc(S(N)(=O)=O)c1. The molecule has 0 aromatic heterocycles. The number of primary sulfonamides is 1. The molecule has 0 amide bonds. The molecule has 0 bridgehead atoms. The molecular weight excluding hydrogens is 307 g/mol. The summed E-state index contributed by atoms with van der Waals surface area (Å²) in [4.78, 5) is -0.487. The number of nitrogens with two attached hydrogens (primary N) is 1. The fraction of sp³-hybridized carbons (Fsp3) is 0.455. The Morgan fingerprint density at radius 1 is 1.20 bits per heavy atom. The Morgan fingerprint density at radius 3 is 2.30 bits per heavy atom. The van der Waals surface area contributed by atoms with Gasteiger partial charge in [0, 0.05) is 0 Å². The summed E-state index contributed by atoms with van der Waals surface area (Å²) in [5, 5.41) is 4.89. The molecule has 9 heteroatoms. The predicted molar refractivity (Wildman–Crippen MR) is 74.6 cm³/mol. The topological polar surface area (TPSA) is 106 Å². The Morgan fingerprint density at radius 2 is 1.80 bits per heavy atom. The maximum absolute atomic E-state index is 13.3. The highest BCUT2D eigenvalue weighted by atomic mass is 32.2. The van der Waals surface area contributed by atoms with Crippen molar-refractivity contribution in [2.75, 3.05) is 10.5 Å². The van der Waals surface area contributed by atoms with Gasteiger partial charge in [-0.3, -0.25) is 4.72 Å². The van der Waals surface area contributed by atoms with Crippen LogP contribution in [-0.4, -0.2) is 22.6 Å².